The average molecular weight is 270 g/mol. The first-order chi connectivity index (χ1) is 8.77. The fraction of sp³-hybridized carbons (Fsp3) is 0.600. The van der Waals surface area contributed by atoms with Crippen LogP contribution in [-0.4, -0.2) is 19.8 Å². The van der Waals surface area contributed by atoms with Crippen LogP contribution in [0.3, 0.4) is 0 Å². The van der Waals surface area contributed by atoms with E-state index >= 15 is 0 Å². The fourth-order valence-electron chi connectivity index (χ4n) is 1.97. The van der Waals surface area contributed by atoms with Crippen molar-refractivity contribution < 1.29 is 4.74 Å². The van der Waals surface area contributed by atoms with Crippen molar-refractivity contribution in [3.05, 3.63) is 34.9 Å². The Morgan fingerprint density at radius 2 is 1.94 bits per heavy atom. The highest BCUT2D eigenvalue weighted by atomic mass is 35.5. The number of nitrogens with one attached hydrogen (secondary N) is 1. The van der Waals surface area contributed by atoms with Crippen molar-refractivity contribution in [1.29, 1.82) is 0 Å². The van der Waals surface area contributed by atoms with Gasteiger partial charge in [-0.1, -0.05) is 37.1 Å². The second-order valence-corrected chi connectivity index (χ2v) is 4.83. The van der Waals surface area contributed by atoms with Crippen molar-refractivity contribution in [2.45, 2.75) is 39.2 Å². The van der Waals surface area contributed by atoms with Gasteiger partial charge < -0.3 is 10.1 Å². The lowest BCUT2D eigenvalue weighted by atomic mass is 10.0. The zero-order chi connectivity index (χ0) is 13.2. The first-order valence-electron chi connectivity index (χ1n) is 6.84. The lowest BCUT2D eigenvalue weighted by Gasteiger charge is -2.18. The number of hydrogen-bond donors (Lipinski definition) is 1. The molecule has 0 aliphatic rings. The molecule has 102 valence electrons. The molecule has 1 unspecified atom stereocenters. The summed E-state index contributed by atoms with van der Waals surface area (Å²) in [5.41, 5.74) is 1.32. The van der Waals surface area contributed by atoms with Gasteiger partial charge in [-0.3, -0.25) is 0 Å². The molecule has 1 atom stereocenters. The lowest BCUT2D eigenvalue weighted by Crippen LogP contribution is -2.23. The molecule has 0 radical (unpaired) electrons. The van der Waals surface area contributed by atoms with Crippen LogP contribution in [0, 0.1) is 0 Å². The number of benzene rings is 1. The molecule has 0 fully saturated rings. The van der Waals surface area contributed by atoms with E-state index in [9.17, 15) is 0 Å². The van der Waals surface area contributed by atoms with Gasteiger partial charge in [-0.15, -0.1) is 0 Å². The second kappa shape index (κ2) is 9.37. The number of halogens is 1. The Kier molecular flexibility index (Phi) is 8.06. The Hall–Kier alpha value is -0.570. The summed E-state index contributed by atoms with van der Waals surface area (Å²) in [7, 11) is 0. The third-order valence-corrected chi connectivity index (χ3v) is 3.16. The molecule has 18 heavy (non-hydrogen) atoms. The van der Waals surface area contributed by atoms with Crippen molar-refractivity contribution in [2.24, 2.45) is 0 Å². The van der Waals surface area contributed by atoms with Crippen molar-refractivity contribution in [1.82, 2.24) is 5.32 Å². The van der Waals surface area contributed by atoms with Gasteiger partial charge >= 0.3 is 0 Å². The highest BCUT2D eigenvalue weighted by molar-refractivity contribution is 6.30. The summed E-state index contributed by atoms with van der Waals surface area (Å²) in [5.74, 6) is 0. The van der Waals surface area contributed by atoms with Crippen LogP contribution in [0.1, 0.15) is 44.7 Å². The summed E-state index contributed by atoms with van der Waals surface area (Å²) < 4.78 is 5.34. The molecule has 0 aliphatic carbocycles. The van der Waals surface area contributed by atoms with Crippen LogP contribution >= 0.6 is 11.6 Å². The summed E-state index contributed by atoms with van der Waals surface area (Å²) in [6.07, 6.45) is 3.38. The van der Waals surface area contributed by atoms with Gasteiger partial charge in [0, 0.05) is 24.3 Å². The molecule has 0 aliphatic heterocycles. The molecule has 2 nitrogen and oxygen atoms in total. The standard InChI is InChI=1S/C15H24ClNO/c1-3-6-15(17-11-5-12-18-4-2)13-7-9-14(16)10-8-13/h7-10,15,17H,3-6,11-12H2,1-2H3. The maximum atomic E-state index is 5.92. The molecule has 0 amide bonds. The van der Waals surface area contributed by atoms with Crippen LogP contribution in [0.5, 0.6) is 0 Å². The maximum Gasteiger partial charge on any atom is 0.0477 e. The highest BCUT2D eigenvalue weighted by Gasteiger charge is 2.09. The van der Waals surface area contributed by atoms with Crippen LogP contribution in [-0.2, 0) is 4.74 Å². The second-order valence-electron chi connectivity index (χ2n) is 4.40. The van der Waals surface area contributed by atoms with E-state index in [1.54, 1.807) is 0 Å². The van der Waals surface area contributed by atoms with E-state index in [-0.39, 0.29) is 0 Å². The predicted molar refractivity (Wildman–Crippen MR) is 78.2 cm³/mol. The quantitative estimate of drug-likeness (QED) is 0.679. The van der Waals surface area contributed by atoms with E-state index in [0.717, 1.165) is 37.6 Å². The first-order valence-corrected chi connectivity index (χ1v) is 7.22. The van der Waals surface area contributed by atoms with Gasteiger partial charge in [-0.25, -0.2) is 0 Å². The number of ether oxygens (including phenoxy) is 1. The van der Waals surface area contributed by atoms with Crippen LogP contribution in [0.2, 0.25) is 5.02 Å². The number of hydrogen-bond acceptors (Lipinski definition) is 2. The molecule has 0 spiro atoms. The van der Waals surface area contributed by atoms with Crippen molar-refractivity contribution in [3.8, 4) is 0 Å². The van der Waals surface area contributed by atoms with Crippen LogP contribution in [0.25, 0.3) is 0 Å². The molecule has 0 saturated heterocycles. The molecule has 0 bridgehead atoms. The van der Waals surface area contributed by atoms with Gasteiger partial charge in [-0.2, -0.15) is 0 Å². The first kappa shape index (κ1) is 15.5. The zero-order valence-corrected chi connectivity index (χ0v) is 12.2. The lowest BCUT2D eigenvalue weighted by molar-refractivity contribution is 0.144. The summed E-state index contributed by atoms with van der Waals surface area (Å²) in [6, 6.07) is 8.56. The fourth-order valence-corrected chi connectivity index (χ4v) is 2.09. The van der Waals surface area contributed by atoms with Gasteiger partial charge in [0.1, 0.15) is 0 Å². The minimum atomic E-state index is 0.425. The number of rotatable bonds is 9. The van der Waals surface area contributed by atoms with Crippen molar-refractivity contribution >= 4 is 11.6 Å². The summed E-state index contributed by atoms with van der Waals surface area (Å²) in [6.45, 7) is 6.87. The molecular weight excluding hydrogens is 246 g/mol. The normalized spacial score (nSPS) is 12.6. The Morgan fingerprint density at radius 1 is 1.22 bits per heavy atom. The van der Waals surface area contributed by atoms with Crippen molar-refractivity contribution in [2.75, 3.05) is 19.8 Å². The summed E-state index contributed by atoms with van der Waals surface area (Å²) in [5, 5.41) is 4.39. The average Bonchev–Trinajstić information content (AvgIpc) is 2.38. The third kappa shape index (κ3) is 5.85. The highest BCUT2D eigenvalue weighted by Crippen LogP contribution is 2.20. The zero-order valence-electron chi connectivity index (χ0n) is 11.4. The SMILES string of the molecule is CCCC(NCCCOCC)c1ccc(Cl)cc1. The Labute approximate surface area is 116 Å². The molecule has 1 N–H and O–H groups in total. The molecule has 3 heteroatoms. The van der Waals surface area contributed by atoms with Gasteiger partial charge in [0.25, 0.3) is 0 Å². The Balaban J connectivity index is 2.41. The minimum absolute atomic E-state index is 0.425. The van der Waals surface area contributed by atoms with Crippen LogP contribution < -0.4 is 5.32 Å². The maximum absolute atomic E-state index is 5.92. The Bertz CT molecular complexity index is 313. The van der Waals surface area contributed by atoms with Gasteiger partial charge in [-0.05, 0) is 44.0 Å². The van der Waals surface area contributed by atoms with E-state index in [1.807, 2.05) is 19.1 Å². The molecule has 0 saturated carbocycles. The smallest absolute Gasteiger partial charge is 0.0477 e. The van der Waals surface area contributed by atoms with E-state index < -0.39 is 0 Å². The molecular formula is C15H24ClNO. The largest absolute Gasteiger partial charge is 0.382 e. The van der Waals surface area contributed by atoms with E-state index in [4.69, 9.17) is 16.3 Å². The Morgan fingerprint density at radius 3 is 2.56 bits per heavy atom. The molecule has 0 aromatic heterocycles. The van der Waals surface area contributed by atoms with E-state index in [2.05, 4.69) is 24.4 Å². The third-order valence-electron chi connectivity index (χ3n) is 2.91. The van der Waals surface area contributed by atoms with E-state index in [1.165, 1.54) is 12.0 Å². The predicted octanol–water partition coefficient (Wildman–Crippen LogP) is 4.20. The van der Waals surface area contributed by atoms with Gasteiger partial charge in [0.05, 0.1) is 0 Å². The van der Waals surface area contributed by atoms with Crippen LogP contribution in [0.4, 0.5) is 0 Å². The monoisotopic (exact) mass is 269 g/mol. The van der Waals surface area contributed by atoms with E-state index in [0.29, 0.717) is 6.04 Å². The van der Waals surface area contributed by atoms with Crippen molar-refractivity contribution in [3.63, 3.8) is 0 Å². The van der Waals surface area contributed by atoms with Crippen LogP contribution in [0.15, 0.2) is 24.3 Å². The molecule has 1 aromatic carbocycles. The molecule has 1 aromatic rings. The molecule has 0 heterocycles. The van der Waals surface area contributed by atoms with Gasteiger partial charge in [0.2, 0.25) is 0 Å². The summed E-state index contributed by atoms with van der Waals surface area (Å²) >= 11 is 5.92. The minimum Gasteiger partial charge on any atom is -0.382 e. The van der Waals surface area contributed by atoms with Gasteiger partial charge in [0.15, 0.2) is 0 Å². The summed E-state index contributed by atoms with van der Waals surface area (Å²) in [4.78, 5) is 0. The molecule has 1 rings (SSSR count). The topological polar surface area (TPSA) is 21.3 Å².